The summed E-state index contributed by atoms with van der Waals surface area (Å²) < 4.78 is 0. The Balaban J connectivity index is 2.20. The molecule has 0 fully saturated rings. The van der Waals surface area contributed by atoms with Crippen LogP contribution in [0, 0.1) is 11.3 Å². The molecular formula is C13H14N6. The van der Waals surface area contributed by atoms with Crippen LogP contribution in [0.1, 0.15) is 12.5 Å². The van der Waals surface area contributed by atoms with E-state index >= 15 is 0 Å². The third kappa shape index (κ3) is 3.33. The lowest BCUT2D eigenvalue weighted by molar-refractivity contribution is 1.12. The Hall–Kier alpha value is -2.81. The Morgan fingerprint density at radius 3 is 2.53 bits per heavy atom. The van der Waals surface area contributed by atoms with Gasteiger partial charge in [-0.3, -0.25) is 0 Å². The van der Waals surface area contributed by atoms with Gasteiger partial charge in [0.25, 0.3) is 0 Å². The van der Waals surface area contributed by atoms with E-state index in [0.29, 0.717) is 17.2 Å². The largest absolute Gasteiger partial charge is 0.370 e. The average Bonchev–Trinajstić information content (AvgIpc) is 2.39. The van der Waals surface area contributed by atoms with Crippen molar-refractivity contribution in [2.75, 3.05) is 22.9 Å². The van der Waals surface area contributed by atoms with Crippen LogP contribution in [-0.2, 0) is 0 Å². The van der Waals surface area contributed by atoms with Crippen LogP contribution >= 0.6 is 0 Å². The molecule has 1 aromatic carbocycles. The molecule has 19 heavy (non-hydrogen) atoms. The molecule has 2 rings (SSSR count). The monoisotopic (exact) mass is 254 g/mol. The predicted molar refractivity (Wildman–Crippen MR) is 75.0 cm³/mol. The lowest BCUT2D eigenvalue weighted by Crippen LogP contribution is -2.05. The fraction of sp³-hybridized carbons (Fsp3) is 0.154. The fourth-order valence-corrected chi connectivity index (χ4v) is 1.58. The number of benzene rings is 1. The summed E-state index contributed by atoms with van der Waals surface area (Å²) in [4.78, 5) is 8.17. The lowest BCUT2D eigenvalue weighted by atomic mass is 10.2. The second-order valence-electron chi connectivity index (χ2n) is 3.84. The number of nitriles is 1. The van der Waals surface area contributed by atoms with Crippen LogP contribution in [0.5, 0.6) is 0 Å². The molecule has 0 aliphatic carbocycles. The molecule has 0 saturated carbocycles. The first-order chi connectivity index (χ1) is 9.21. The Labute approximate surface area is 111 Å². The molecule has 0 atom stereocenters. The molecule has 0 amide bonds. The van der Waals surface area contributed by atoms with Gasteiger partial charge in [0.1, 0.15) is 11.6 Å². The van der Waals surface area contributed by atoms with Crippen molar-refractivity contribution in [1.82, 2.24) is 9.97 Å². The van der Waals surface area contributed by atoms with Crippen molar-refractivity contribution in [3.63, 3.8) is 0 Å². The molecule has 0 aliphatic heterocycles. The number of hydrogen-bond acceptors (Lipinski definition) is 6. The van der Waals surface area contributed by atoms with E-state index in [0.717, 1.165) is 12.2 Å². The maximum absolute atomic E-state index is 8.73. The molecule has 1 aromatic heterocycles. The van der Waals surface area contributed by atoms with E-state index in [1.807, 2.05) is 19.1 Å². The fourth-order valence-electron chi connectivity index (χ4n) is 1.58. The van der Waals surface area contributed by atoms with E-state index in [-0.39, 0.29) is 5.95 Å². The summed E-state index contributed by atoms with van der Waals surface area (Å²) in [5, 5.41) is 14.9. The number of anilines is 4. The maximum Gasteiger partial charge on any atom is 0.223 e. The van der Waals surface area contributed by atoms with Crippen molar-refractivity contribution < 1.29 is 0 Å². The zero-order valence-corrected chi connectivity index (χ0v) is 10.5. The van der Waals surface area contributed by atoms with Crippen LogP contribution in [0.25, 0.3) is 0 Å². The number of aromatic nitrogens is 2. The summed E-state index contributed by atoms with van der Waals surface area (Å²) in [7, 11) is 0. The zero-order valence-electron chi connectivity index (χ0n) is 10.5. The van der Waals surface area contributed by atoms with Crippen LogP contribution in [0.2, 0.25) is 0 Å². The number of nitrogens with one attached hydrogen (secondary N) is 2. The Bertz CT molecular complexity index is 600. The first kappa shape index (κ1) is 12.6. The summed E-state index contributed by atoms with van der Waals surface area (Å²) in [6.07, 6.45) is 0. The van der Waals surface area contributed by atoms with Crippen LogP contribution in [-0.4, -0.2) is 16.5 Å². The van der Waals surface area contributed by atoms with Crippen molar-refractivity contribution in [1.29, 1.82) is 5.26 Å². The second-order valence-corrected chi connectivity index (χ2v) is 3.84. The van der Waals surface area contributed by atoms with Gasteiger partial charge in [0, 0.05) is 18.3 Å². The van der Waals surface area contributed by atoms with Crippen molar-refractivity contribution in [2.24, 2.45) is 0 Å². The van der Waals surface area contributed by atoms with Gasteiger partial charge in [0.15, 0.2) is 0 Å². The van der Waals surface area contributed by atoms with Crippen LogP contribution in [0.3, 0.4) is 0 Å². The normalized spacial score (nSPS) is 9.68. The molecular weight excluding hydrogens is 240 g/mol. The highest BCUT2D eigenvalue weighted by Gasteiger charge is 2.02. The molecule has 96 valence electrons. The van der Waals surface area contributed by atoms with Crippen LogP contribution in [0.4, 0.5) is 23.3 Å². The minimum absolute atomic E-state index is 0.203. The molecule has 0 spiro atoms. The second kappa shape index (κ2) is 5.69. The number of nitrogens with two attached hydrogens (primary N) is 1. The first-order valence-corrected chi connectivity index (χ1v) is 5.87. The van der Waals surface area contributed by atoms with Crippen LogP contribution < -0.4 is 16.4 Å². The summed E-state index contributed by atoms with van der Waals surface area (Å²) in [5.41, 5.74) is 7.09. The average molecular weight is 254 g/mol. The predicted octanol–water partition coefficient (Wildman–Crippen LogP) is 2.11. The number of rotatable bonds is 4. The molecule has 0 saturated heterocycles. The van der Waals surface area contributed by atoms with Crippen molar-refractivity contribution in [3.8, 4) is 6.07 Å². The van der Waals surface area contributed by atoms with Gasteiger partial charge in [-0.25, -0.2) is 0 Å². The number of hydrogen-bond donors (Lipinski definition) is 3. The van der Waals surface area contributed by atoms with Gasteiger partial charge < -0.3 is 16.4 Å². The molecule has 6 heteroatoms. The van der Waals surface area contributed by atoms with E-state index in [4.69, 9.17) is 11.0 Å². The lowest BCUT2D eigenvalue weighted by Gasteiger charge is -2.08. The molecule has 1 heterocycles. The minimum atomic E-state index is 0.203. The van der Waals surface area contributed by atoms with Crippen molar-refractivity contribution >= 4 is 23.3 Å². The summed E-state index contributed by atoms with van der Waals surface area (Å²) >= 11 is 0. The summed E-state index contributed by atoms with van der Waals surface area (Å²) in [6, 6.07) is 10.9. The quantitative estimate of drug-likeness (QED) is 0.772. The molecule has 0 unspecified atom stereocenters. The van der Waals surface area contributed by atoms with Gasteiger partial charge in [0.2, 0.25) is 5.95 Å². The molecule has 2 aromatic rings. The highest BCUT2D eigenvalue weighted by molar-refractivity contribution is 5.61. The highest BCUT2D eigenvalue weighted by atomic mass is 15.1. The van der Waals surface area contributed by atoms with Gasteiger partial charge in [-0.15, -0.1) is 0 Å². The van der Waals surface area contributed by atoms with E-state index in [1.165, 1.54) is 0 Å². The third-order valence-electron chi connectivity index (χ3n) is 2.39. The first-order valence-electron chi connectivity index (χ1n) is 5.87. The smallest absolute Gasteiger partial charge is 0.223 e. The molecule has 0 radical (unpaired) electrons. The van der Waals surface area contributed by atoms with E-state index < -0.39 is 0 Å². The molecule has 6 nitrogen and oxygen atoms in total. The summed E-state index contributed by atoms with van der Waals surface area (Å²) in [6.45, 7) is 2.73. The highest BCUT2D eigenvalue weighted by Crippen LogP contribution is 2.18. The van der Waals surface area contributed by atoms with Gasteiger partial charge in [-0.05, 0) is 31.2 Å². The van der Waals surface area contributed by atoms with E-state index in [2.05, 4.69) is 26.7 Å². The van der Waals surface area contributed by atoms with Gasteiger partial charge in [-0.2, -0.15) is 15.2 Å². The topological polar surface area (TPSA) is 99.6 Å². The van der Waals surface area contributed by atoms with E-state index in [9.17, 15) is 0 Å². The standard InChI is InChI=1S/C13H14N6/c1-2-16-11-7-12(19-13(15)18-11)17-10-5-3-9(8-14)4-6-10/h3-7H,2H2,1H3,(H4,15,16,17,18,19). The molecule has 4 N–H and O–H groups in total. The van der Waals surface area contributed by atoms with Gasteiger partial charge >= 0.3 is 0 Å². The van der Waals surface area contributed by atoms with Crippen LogP contribution in [0.15, 0.2) is 30.3 Å². The third-order valence-corrected chi connectivity index (χ3v) is 2.39. The SMILES string of the molecule is CCNc1cc(Nc2ccc(C#N)cc2)nc(N)n1. The summed E-state index contributed by atoms with van der Waals surface area (Å²) in [5.74, 6) is 1.48. The minimum Gasteiger partial charge on any atom is -0.370 e. The van der Waals surface area contributed by atoms with Crippen molar-refractivity contribution in [2.45, 2.75) is 6.92 Å². The van der Waals surface area contributed by atoms with Gasteiger partial charge in [0.05, 0.1) is 11.6 Å². The van der Waals surface area contributed by atoms with Crippen molar-refractivity contribution in [3.05, 3.63) is 35.9 Å². The number of nitrogen functional groups attached to an aromatic ring is 1. The zero-order chi connectivity index (χ0) is 13.7. The molecule has 0 bridgehead atoms. The number of nitrogens with zero attached hydrogens (tertiary/aromatic N) is 3. The van der Waals surface area contributed by atoms with Gasteiger partial charge in [-0.1, -0.05) is 0 Å². The van der Waals surface area contributed by atoms with E-state index in [1.54, 1.807) is 18.2 Å². The molecule has 0 aliphatic rings. The Kier molecular flexibility index (Phi) is 3.78. The maximum atomic E-state index is 8.73. The Morgan fingerprint density at radius 2 is 1.89 bits per heavy atom. The Morgan fingerprint density at radius 1 is 1.21 bits per heavy atom.